The molecule has 1 aliphatic rings. The number of hydrogen-bond donors (Lipinski definition) is 1. The van der Waals surface area contributed by atoms with Crippen molar-refractivity contribution < 1.29 is 23.1 Å². The van der Waals surface area contributed by atoms with Crippen LogP contribution in [0.25, 0.3) is 6.08 Å². The summed E-state index contributed by atoms with van der Waals surface area (Å²) in [7, 11) is 0. The molecule has 1 heterocycles. The van der Waals surface area contributed by atoms with Gasteiger partial charge in [0.25, 0.3) is 0 Å². The van der Waals surface area contributed by atoms with Gasteiger partial charge in [0, 0.05) is 13.1 Å². The molecule has 1 aliphatic heterocycles. The first-order chi connectivity index (χ1) is 9.86. The highest BCUT2D eigenvalue weighted by molar-refractivity contribution is 5.65. The summed E-state index contributed by atoms with van der Waals surface area (Å²) in [5.74, 6) is 0.204. The molecule has 0 unspecified atom stereocenters. The van der Waals surface area contributed by atoms with E-state index in [1.807, 2.05) is 6.08 Å². The molecule has 1 aromatic carbocycles. The minimum atomic E-state index is -4.34. The number of piperidine rings is 1. The lowest BCUT2D eigenvalue weighted by Crippen LogP contribution is -2.36. The fourth-order valence-electron chi connectivity index (χ4n) is 2.35. The zero-order chi connectivity index (χ0) is 15.5. The van der Waals surface area contributed by atoms with E-state index in [1.165, 1.54) is 11.0 Å². The van der Waals surface area contributed by atoms with Gasteiger partial charge in [0.15, 0.2) is 0 Å². The van der Waals surface area contributed by atoms with E-state index >= 15 is 0 Å². The molecule has 0 saturated carbocycles. The number of amides is 1. The molecule has 0 bridgehead atoms. The Kier molecular flexibility index (Phi) is 4.55. The van der Waals surface area contributed by atoms with Crippen LogP contribution in [0.15, 0.2) is 30.3 Å². The van der Waals surface area contributed by atoms with Gasteiger partial charge in [0.05, 0.1) is 5.56 Å². The van der Waals surface area contributed by atoms with Gasteiger partial charge in [-0.05, 0) is 36.5 Å². The van der Waals surface area contributed by atoms with Crippen molar-refractivity contribution in [3.63, 3.8) is 0 Å². The third-order valence-corrected chi connectivity index (χ3v) is 3.58. The van der Waals surface area contributed by atoms with Gasteiger partial charge >= 0.3 is 12.3 Å². The van der Waals surface area contributed by atoms with Crippen LogP contribution in [0.5, 0.6) is 0 Å². The molecule has 6 heteroatoms. The van der Waals surface area contributed by atoms with Crippen LogP contribution >= 0.6 is 0 Å². The number of halogens is 3. The normalized spacial score (nSPS) is 17.4. The van der Waals surface area contributed by atoms with Crippen molar-refractivity contribution in [2.24, 2.45) is 5.92 Å². The number of rotatable bonds is 2. The number of hydrogen-bond acceptors (Lipinski definition) is 1. The molecule has 3 nitrogen and oxygen atoms in total. The first kappa shape index (κ1) is 15.4. The monoisotopic (exact) mass is 299 g/mol. The maximum atomic E-state index is 12.6. The number of benzene rings is 1. The number of nitrogens with zero attached hydrogens (tertiary/aromatic N) is 1. The molecule has 21 heavy (non-hydrogen) atoms. The van der Waals surface area contributed by atoms with Crippen LogP contribution in [0.4, 0.5) is 18.0 Å². The van der Waals surface area contributed by atoms with E-state index in [9.17, 15) is 18.0 Å². The second-order valence-corrected chi connectivity index (χ2v) is 5.09. The van der Waals surface area contributed by atoms with Crippen LogP contribution in [0.1, 0.15) is 24.0 Å². The molecule has 114 valence electrons. The van der Waals surface area contributed by atoms with Crippen molar-refractivity contribution in [1.82, 2.24) is 4.90 Å². The van der Waals surface area contributed by atoms with Crippen LogP contribution in [0.3, 0.4) is 0 Å². The Morgan fingerprint density at radius 3 is 2.52 bits per heavy atom. The van der Waals surface area contributed by atoms with Crippen molar-refractivity contribution in [3.05, 3.63) is 41.5 Å². The number of carbonyl (C=O) groups is 1. The Morgan fingerprint density at radius 2 is 1.95 bits per heavy atom. The van der Waals surface area contributed by atoms with Gasteiger partial charge in [-0.15, -0.1) is 0 Å². The van der Waals surface area contributed by atoms with Crippen LogP contribution < -0.4 is 0 Å². The Hall–Kier alpha value is -1.98. The van der Waals surface area contributed by atoms with Crippen molar-refractivity contribution in [2.45, 2.75) is 19.0 Å². The molecule has 2 rings (SSSR count). The summed E-state index contributed by atoms with van der Waals surface area (Å²) >= 11 is 0. The third-order valence-electron chi connectivity index (χ3n) is 3.58. The van der Waals surface area contributed by atoms with Crippen molar-refractivity contribution >= 4 is 12.2 Å². The topological polar surface area (TPSA) is 40.5 Å². The standard InChI is InChI=1S/C15H16F3NO2/c16-15(17,18)13-3-1-2-12(10-13)5-4-11-6-8-19(9-7-11)14(20)21/h1-5,10-11H,6-9H2,(H,20,21). The largest absolute Gasteiger partial charge is 0.465 e. The predicted molar refractivity (Wildman–Crippen MR) is 72.8 cm³/mol. The summed E-state index contributed by atoms with van der Waals surface area (Å²) < 4.78 is 37.8. The number of likely N-dealkylation sites (tertiary alicyclic amines) is 1. The van der Waals surface area contributed by atoms with Crippen molar-refractivity contribution in [3.8, 4) is 0 Å². The Morgan fingerprint density at radius 1 is 1.29 bits per heavy atom. The lowest BCUT2D eigenvalue weighted by atomic mass is 9.95. The highest BCUT2D eigenvalue weighted by Gasteiger charge is 2.30. The molecule has 1 saturated heterocycles. The third kappa shape index (κ3) is 4.24. The van der Waals surface area contributed by atoms with E-state index in [4.69, 9.17) is 5.11 Å². The molecule has 0 aromatic heterocycles. The summed E-state index contributed by atoms with van der Waals surface area (Å²) in [5.41, 5.74) is -0.157. The van der Waals surface area contributed by atoms with Gasteiger partial charge in [0.1, 0.15) is 0 Å². The van der Waals surface area contributed by atoms with E-state index in [1.54, 1.807) is 12.1 Å². The van der Waals surface area contributed by atoms with Crippen molar-refractivity contribution in [1.29, 1.82) is 0 Å². The quantitative estimate of drug-likeness (QED) is 0.892. The summed E-state index contributed by atoms with van der Waals surface area (Å²) in [4.78, 5) is 12.1. The molecule has 1 N–H and O–H groups in total. The van der Waals surface area contributed by atoms with Gasteiger partial charge in [-0.2, -0.15) is 13.2 Å². The van der Waals surface area contributed by atoms with E-state index in [0.29, 0.717) is 31.5 Å². The molecular weight excluding hydrogens is 283 g/mol. The van der Waals surface area contributed by atoms with Gasteiger partial charge in [-0.25, -0.2) is 4.79 Å². The van der Waals surface area contributed by atoms with Crippen LogP contribution in [0, 0.1) is 5.92 Å². The average Bonchev–Trinajstić information content (AvgIpc) is 2.45. The maximum absolute atomic E-state index is 12.6. The van der Waals surface area contributed by atoms with Gasteiger partial charge in [-0.3, -0.25) is 0 Å². The summed E-state index contributed by atoms with van der Waals surface area (Å²) in [6, 6.07) is 5.17. The fraction of sp³-hybridized carbons (Fsp3) is 0.400. The molecule has 0 aliphatic carbocycles. The minimum absolute atomic E-state index is 0.204. The SMILES string of the molecule is O=C(O)N1CCC(C=Cc2cccc(C(F)(F)F)c2)CC1. The summed E-state index contributed by atoms with van der Waals surface area (Å²) in [5, 5.41) is 8.84. The predicted octanol–water partition coefficient (Wildman–Crippen LogP) is 4.11. The first-order valence-electron chi connectivity index (χ1n) is 6.69. The maximum Gasteiger partial charge on any atom is 0.416 e. The second kappa shape index (κ2) is 6.20. The Balaban J connectivity index is 1.98. The zero-order valence-electron chi connectivity index (χ0n) is 11.3. The lowest BCUT2D eigenvalue weighted by molar-refractivity contribution is -0.137. The molecule has 0 spiro atoms. The van der Waals surface area contributed by atoms with Crippen molar-refractivity contribution in [2.75, 3.05) is 13.1 Å². The molecule has 1 fully saturated rings. The highest BCUT2D eigenvalue weighted by Crippen LogP contribution is 2.30. The number of carboxylic acid groups (broad SMARTS) is 1. The van der Waals surface area contributed by atoms with Gasteiger partial charge in [0.2, 0.25) is 0 Å². The fourth-order valence-corrected chi connectivity index (χ4v) is 2.35. The molecule has 0 atom stereocenters. The molecule has 1 aromatic rings. The zero-order valence-corrected chi connectivity index (χ0v) is 11.3. The van der Waals surface area contributed by atoms with E-state index in [0.717, 1.165) is 12.1 Å². The van der Waals surface area contributed by atoms with Crippen LogP contribution in [-0.4, -0.2) is 29.2 Å². The van der Waals surface area contributed by atoms with Gasteiger partial charge < -0.3 is 10.0 Å². The minimum Gasteiger partial charge on any atom is -0.465 e. The smallest absolute Gasteiger partial charge is 0.416 e. The van der Waals surface area contributed by atoms with Crippen LogP contribution in [0.2, 0.25) is 0 Å². The van der Waals surface area contributed by atoms with Gasteiger partial charge in [-0.1, -0.05) is 24.3 Å². The average molecular weight is 299 g/mol. The molecule has 0 radical (unpaired) electrons. The first-order valence-corrected chi connectivity index (χ1v) is 6.69. The van der Waals surface area contributed by atoms with E-state index in [-0.39, 0.29) is 5.92 Å². The number of alkyl halides is 3. The molecular formula is C15H16F3NO2. The van der Waals surface area contributed by atoms with Crippen LogP contribution in [-0.2, 0) is 6.18 Å². The van der Waals surface area contributed by atoms with E-state index in [2.05, 4.69) is 0 Å². The second-order valence-electron chi connectivity index (χ2n) is 5.09. The lowest BCUT2D eigenvalue weighted by Gasteiger charge is -2.28. The number of allylic oxidation sites excluding steroid dienone is 1. The summed E-state index contributed by atoms with van der Waals surface area (Å²) in [6.45, 7) is 0.930. The summed E-state index contributed by atoms with van der Waals surface area (Å²) in [6.07, 6.45) is -0.319. The Bertz CT molecular complexity index is 532. The molecule has 1 amide bonds. The van der Waals surface area contributed by atoms with E-state index < -0.39 is 17.8 Å². The highest BCUT2D eigenvalue weighted by atomic mass is 19.4. The Labute approximate surface area is 120 Å².